The average molecular weight is 278 g/mol. The van der Waals surface area contributed by atoms with Crippen molar-refractivity contribution in [1.29, 1.82) is 0 Å². The third kappa shape index (κ3) is 4.50. The van der Waals surface area contributed by atoms with Crippen LogP contribution in [0.2, 0.25) is 0 Å². The molecule has 0 aromatic heterocycles. The summed E-state index contributed by atoms with van der Waals surface area (Å²) in [6.45, 7) is 7.71. The Kier molecular flexibility index (Phi) is 7.62. The average Bonchev–Trinajstić information content (AvgIpc) is 2.44. The minimum atomic E-state index is 0.330. The monoisotopic (exact) mass is 278 g/mol. The first-order valence-electron chi connectivity index (χ1n) is 8.37. The van der Waals surface area contributed by atoms with E-state index < -0.39 is 0 Å². The van der Waals surface area contributed by atoms with Gasteiger partial charge in [-0.1, -0.05) is 13.8 Å². The molecule has 1 aliphatic rings. The molecule has 0 radical (unpaired) electrons. The maximum atomic E-state index is 3.83. The Balaban J connectivity index is 2.81. The highest BCUT2D eigenvalue weighted by molar-refractivity contribution is 5.04. The predicted octanol–water partition coefficient (Wildman–Crippen LogP) is 3.67. The summed E-state index contributed by atoms with van der Waals surface area (Å²) in [5.41, 5.74) is 0.330. The lowest BCUT2D eigenvalue weighted by Gasteiger charge is -2.50. The summed E-state index contributed by atoms with van der Waals surface area (Å²) in [6.07, 6.45) is 8.76. The van der Waals surface area contributed by atoms with Crippen LogP contribution in [-0.4, -0.2) is 37.1 Å². The topological polar surface area (TPSA) is 15.3 Å². The number of hydrogen-bond acceptors (Lipinski definition) is 2. The number of rotatable bonds is 7. The first-order valence-corrected chi connectivity index (χ1v) is 8.37. The van der Waals surface area contributed by atoms with Crippen LogP contribution in [0.15, 0.2) is 0 Å². The van der Waals surface area contributed by atoms with Gasteiger partial charge in [-0.15, -0.1) is 11.8 Å². The van der Waals surface area contributed by atoms with Crippen molar-refractivity contribution in [3.8, 4) is 11.8 Å². The fourth-order valence-corrected chi connectivity index (χ4v) is 3.59. The van der Waals surface area contributed by atoms with Gasteiger partial charge in [0.25, 0.3) is 0 Å². The Morgan fingerprint density at radius 1 is 1.30 bits per heavy atom. The molecule has 0 aliphatic heterocycles. The van der Waals surface area contributed by atoms with Crippen molar-refractivity contribution in [1.82, 2.24) is 10.2 Å². The molecule has 0 saturated heterocycles. The Bertz CT molecular complexity index is 316. The van der Waals surface area contributed by atoms with Crippen molar-refractivity contribution >= 4 is 0 Å². The maximum absolute atomic E-state index is 3.83. The molecule has 116 valence electrons. The molecular weight excluding hydrogens is 244 g/mol. The van der Waals surface area contributed by atoms with Gasteiger partial charge in [0.1, 0.15) is 0 Å². The highest BCUT2D eigenvalue weighted by atomic mass is 15.2. The van der Waals surface area contributed by atoms with Crippen LogP contribution in [0.25, 0.3) is 0 Å². The SMILES string of the molecule is CC#CCCC(NCCC)C1(N(C)C)CCC(C)CC1. The van der Waals surface area contributed by atoms with Gasteiger partial charge in [0.2, 0.25) is 0 Å². The zero-order chi connectivity index (χ0) is 15.0. The van der Waals surface area contributed by atoms with Crippen LogP contribution in [-0.2, 0) is 0 Å². The van der Waals surface area contributed by atoms with E-state index >= 15 is 0 Å². The van der Waals surface area contributed by atoms with E-state index in [1.807, 2.05) is 6.92 Å². The second-order valence-electron chi connectivity index (χ2n) is 6.65. The van der Waals surface area contributed by atoms with E-state index in [1.165, 1.54) is 38.5 Å². The zero-order valence-corrected chi connectivity index (χ0v) is 14.3. The molecule has 1 fully saturated rings. The summed E-state index contributed by atoms with van der Waals surface area (Å²) in [4.78, 5) is 2.49. The normalized spacial score (nSPS) is 28.0. The van der Waals surface area contributed by atoms with Gasteiger partial charge in [0.15, 0.2) is 0 Å². The number of nitrogens with zero attached hydrogens (tertiary/aromatic N) is 1. The Labute approximate surface area is 126 Å². The summed E-state index contributed by atoms with van der Waals surface area (Å²) in [5.74, 6) is 7.18. The van der Waals surface area contributed by atoms with Gasteiger partial charge < -0.3 is 10.2 Å². The highest BCUT2D eigenvalue weighted by Gasteiger charge is 2.42. The number of likely N-dealkylation sites (N-methyl/N-ethyl adjacent to an activating group) is 1. The molecule has 2 nitrogen and oxygen atoms in total. The molecule has 1 unspecified atom stereocenters. The van der Waals surface area contributed by atoms with Crippen molar-refractivity contribution in [2.75, 3.05) is 20.6 Å². The second-order valence-corrected chi connectivity index (χ2v) is 6.65. The van der Waals surface area contributed by atoms with Gasteiger partial charge in [-0.05, 0) is 72.0 Å². The van der Waals surface area contributed by atoms with E-state index in [0.717, 1.165) is 18.9 Å². The van der Waals surface area contributed by atoms with Crippen molar-refractivity contribution in [3.05, 3.63) is 0 Å². The Morgan fingerprint density at radius 3 is 2.45 bits per heavy atom. The first-order chi connectivity index (χ1) is 9.56. The lowest BCUT2D eigenvalue weighted by molar-refractivity contribution is 0.0409. The van der Waals surface area contributed by atoms with Gasteiger partial charge in [-0.3, -0.25) is 0 Å². The lowest BCUT2D eigenvalue weighted by atomic mass is 9.71. The summed E-state index contributed by atoms with van der Waals surface area (Å²) >= 11 is 0. The molecule has 1 atom stereocenters. The van der Waals surface area contributed by atoms with Crippen LogP contribution >= 0.6 is 0 Å². The Hall–Kier alpha value is -0.520. The van der Waals surface area contributed by atoms with Crippen molar-refractivity contribution in [2.24, 2.45) is 5.92 Å². The summed E-state index contributed by atoms with van der Waals surface area (Å²) in [7, 11) is 4.53. The molecule has 0 heterocycles. The molecule has 0 aromatic carbocycles. The van der Waals surface area contributed by atoms with Crippen LogP contribution in [0, 0.1) is 17.8 Å². The summed E-state index contributed by atoms with van der Waals surface area (Å²) in [6, 6.07) is 0.575. The van der Waals surface area contributed by atoms with Gasteiger partial charge in [0, 0.05) is 18.0 Å². The quantitative estimate of drug-likeness (QED) is 0.715. The summed E-state index contributed by atoms with van der Waals surface area (Å²) < 4.78 is 0. The van der Waals surface area contributed by atoms with E-state index in [4.69, 9.17) is 0 Å². The standard InChI is InChI=1S/C18H34N2/c1-6-8-9-10-17(19-15-7-2)18(20(4)5)13-11-16(3)12-14-18/h16-17,19H,7,9-15H2,1-5H3. The zero-order valence-electron chi connectivity index (χ0n) is 14.3. The van der Waals surface area contributed by atoms with Crippen LogP contribution in [0.1, 0.15) is 65.7 Å². The molecule has 2 heteroatoms. The van der Waals surface area contributed by atoms with E-state index in [0.29, 0.717) is 11.6 Å². The smallest absolute Gasteiger partial charge is 0.0356 e. The van der Waals surface area contributed by atoms with Crippen LogP contribution < -0.4 is 5.32 Å². The van der Waals surface area contributed by atoms with Gasteiger partial charge in [-0.2, -0.15) is 0 Å². The van der Waals surface area contributed by atoms with E-state index in [1.54, 1.807) is 0 Å². The fourth-order valence-electron chi connectivity index (χ4n) is 3.59. The second kappa shape index (κ2) is 8.70. The molecule has 1 N–H and O–H groups in total. The van der Waals surface area contributed by atoms with Crippen LogP contribution in [0.5, 0.6) is 0 Å². The molecule has 1 rings (SSSR count). The van der Waals surface area contributed by atoms with Gasteiger partial charge in [0.05, 0.1) is 0 Å². The first kappa shape index (κ1) is 17.5. The minimum Gasteiger partial charge on any atom is -0.312 e. The van der Waals surface area contributed by atoms with E-state index in [2.05, 4.69) is 50.0 Å². The Morgan fingerprint density at radius 2 is 1.95 bits per heavy atom. The molecule has 0 bridgehead atoms. The third-order valence-corrected chi connectivity index (χ3v) is 5.05. The molecule has 0 amide bonds. The van der Waals surface area contributed by atoms with Crippen molar-refractivity contribution < 1.29 is 0 Å². The maximum Gasteiger partial charge on any atom is 0.0356 e. The highest BCUT2D eigenvalue weighted by Crippen LogP contribution is 2.39. The molecular formula is C18H34N2. The summed E-state index contributed by atoms with van der Waals surface area (Å²) in [5, 5.41) is 3.83. The fraction of sp³-hybridized carbons (Fsp3) is 0.889. The van der Waals surface area contributed by atoms with E-state index in [-0.39, 0.29) is 0 Å². The molecule has 20 heavy (non-hydrogen) atoms. The largest absolute Gasteiger partial charge is 0.312 e. The molecule has 1 aliphatic carbocycles. The van der Waals surface area contributed by atoms with Gasteiger partial charge >= 0.3 is 0 Å². The third-order valence-electron chi connectivity index (χ3n) is 5.05. The predicted molar refractivity (Wildman–Crippen MR) is 88.8 cm³/mol. The van der Waals surface area contributed by atoms with Gasteiger partial charge in [-0.25, -0.2) is 0 Å². The van der Waals surface area contributed by atoms with E-state index in [9.17, 15) is 0 Å². The minimum absolute atomic E-state index is 0.330. The molecule has 0 aromatic rings. The number of hydrogen-bond donors (Lipinski definition) is 1. The van der Waals surface area contributed by atoms with Crippen LogP contribution in [0.3, 0.4) is 0 Å². The number of nitrogens with one attached hydrogen (secondary N) is 1. The van der Waals surface area contributed by atoms with Crippen LogP contribution in [0.4, 0.5) is 0 Å². The van der Waals surface area contributed by atoms with Crippen molar-refractivity contribution in [2.45, 2.75) is 77.3 Å². The lowest BCUT2D eigenvalue weighted by Crippen LogP contribution is -2.60. The van der Waals surface area contributed by atoms with Crippen molar-refractivity contribution in [3.63, 3.8) is 0 Å². The molecule has 0 spiro atoms. The molecule has 1 saturated carbocycles.